The van der Waals surface area contributed by atoms with Gasteiger partial charge in [0, 0.05) is 6.04 Å². The highest BCUT2D eigenvalue weighted by Gasteiger charge is 2.09. The molecule has 1 unspecified atom stereocenters. The summed E-state index contributed by atoms with van der Waals surface area (Å²) in [4.78, 5) is 0. The molecular formula is C16H18FNO. The average Bonchev–Trinajstić information content (AvgIpc) is 2.42. The lowest BCUT2D eigenvalue weighted by Crippen LogP contribution is -2.25. The molecule has 0 fully saturated rings. The maximum absolute atomic E-state index is 12.8. The summed E-state index contributed by atoms with van der Waals surface area (Å²) >= 11 is 0. The number of ether oxygens (including phenoxy) is 1. The van der Waals surface area contributed by atoms with Gasteiger partial charge in [-0.05, 0) is 42.2 Å². The van der Waals surface area contributed by atoms with Crippen LogP contribution < -0.4 is 10.5 Å². The maximum atomic E-state index is 12.8. The molecule has 0 heterocycles. The monoisotopic (exact) mass is 259 g/mol. The van der Waals surface area contributed by atoms with Crippen LogP contribution in [0.1, 0.15) is 11.1 Å². The molecule has 0 bridgehead atoms. The van der Waals surface area contributed by atoms with Crippen molar-refractivity contribution in [3.05, 3.63) is 65.5 Å². The SMILES string of the molecule is COc1ccccc1CC(N)Cc1ccc(F)cc1. The van der Waals surface area contributed by atoms with Gasteiger partial charge in [0.25, 0.3) is 0 Å². The van der Waals surface area contributed by atoms with E-state index in [4.69, 9.17) is 10.5 Å². The Hall–Kier alpha value is -1.87. The van der Waals surface area contributed by atoms with Gasteiger partial charge >= 0.3 is 0 Å². The Balaban J connectivity index is 2.01. The fraction of sp³-hybridized carbons (Fsp3) is 0.250. The van der Waals surface area contributed by atoms with Gasteiger partial charge in [0.2, 0.25) is 0 Å². The van der Waals surface area contributed by atoms with Crippen molar-refractivity contribution in [2.24, 2.45) is 5.73 Å². The van der Waals surface area contributed by atoms with Crippen molar-refractivity contribution in [2.75, 3.05) is 7.11 Å². The number of benzene rings is 2. The molecule has 100 valence electrons. The highest BCUT2D eigenvalue weighted by atomic mass is 19.1. The molecule has 2 N–H and O–H groups in total. The number of halogens is 1. The van der Waals surface area contributed by atoms with E-state index in [1.54, 1.807) is 19.2 Å². The van der Waals surface area contributed by atoms with Gasteiger partial charge in [0.05, 0.1) is 7.11 Å². The lowest BCUT2D eigenvalue weighted by molar-refractivity contribution is 0.408. The maximum Gasteiger partial charge on any atom is 0.123 e. The molecule has 0 aliphatic rings. The van der Waals surface area contributed by atoms with E-state index in [9.17, 15) is 4.39 Å². The molecule has 0 saturated carbocycles. The molecule has 2 rings (SSSR count). The summed E-state index contributed by atoms with van der Waals surface area (Å²) in [5, 5.41) is 0. The van der Waals surface area contributed by atoms with Crippen LogP contribution in [0.15, 0.2) is 48.5 Å². The van der Waals surface area contributed by atoms with Crippen molar-refractivity contribution in [1.82, 2.24) is 0 Å². The minimum absolute atomic E-state index is 0.0123. The first-order valence-electron chi connectivity index (χ1n) is 6.31. The van der Waals surface area contributed by atoms with Crippen LogP contribution in [0.3, 0.4) is 0 Å². The van der Waals surface area contributed by atoms with E-state index in [1.807, 2.05) is 24.3 Å². The highest BCUT2D eigenvalue weighted by Crippen LogP contribution is 2.19. The van der Waals surface area contributed by atoms with Gasteiger partial charge in [-0.1, -0.05) is 30.3 Å². The van der Waals surface area contributed by atoms with Crippen molar-refractivity contribution in [1.29, 1.82) is 0 Å². The summed E-state index contributed by atoms with van der Waals surface area (Å²) in [6.45, 7) is 0. The Morgan fingerprint density at radius 1 is 1.05 bits per heavy atom. The number of para-hydroxylation sites is 1. The number of methoxy groups -OCH3 is 1. The second-order valence-electron chi connectivity index (χ2n) is 4.61. The minimum atomic E-state index is -0.220. The third-order valence-corrected chi connectivity index (χ3v) is 3.09. The number of hydrogen-bond donors (Lipinski definition) is 1. The Morgan fingerprint density at radius 3 is 2.42 bits per heavy atom. The molecule has 0 aromatic heterocycles. The molecule has 2 aromatic rings. The van der Waals surface area contributed by atoms with Crippen molar-refractivity contribution in [3.63, 3.8) is 0 Å². The van der Waals surface area contributed by atoms with Gasteiger partial charge in [0.1, 0.15) is 11.6 Å². The Bertz CT molecular complexity index is 525. The Morgan fingerprint density at radius 2 is 1.74 bits per heavy atom. The zero-order chi connectivity index (χ0) is 13.7. The van der Waals surface area contributed by atoms with Crippen molar-refractivity contribution in [2.45, 2.75) is 18.9 Å². The molecule has 3 heteroatoms. The van der Waals surface area contributed by atoms with Gasteiger partial charge in [0.15, 0.2) is 0 Å². The zero-order valence-corrected chi connectivity index (χ0v) is 11.0. The van der Waals surface area contributed by atoms with E-state index >= 15 is 0 Å². The first kappa shape index (κ1) is 13.6. The number of rotatable bonds is 5. The fourth-order valence-corrected chi connectivity index (χ4v) is 2.15. The molecule has 0 radical (unpaired) electrons. The third kappa shape index (κ3) is 3.80. The highest BCUT2D eigenvalue weighted by molar-refractivity contribution is 5.34. The summed E-state index contributed by atoms with van der Waals surface area (Å²) in [7, 11) is 1.66. The molecule has 0 amide bonds. The molecular weight excluding hydrogens is 241 g/mol. The van der Waals surface area contributed by atoms with E-state index in [-0.39, 0.29) is 11.9 Å². The van der Waals surface area contributed by atoms with E-state index < -0.39 is 0 Å². The average molecular weight is 259 g/mol. The third-order valence-electron chi connectivity index (χ3n) is 3.09. The van der Waals surface area contributed by atoms with Crippen LogP contribution >= 0.6 is 0 Å². The summed E-state index contributed by atoms with van der Waals surface area (Å²) < 4.78 is 18.1. The molecule has 19 heavy (non-hydrogen) atoms. The standard InChI is InChI=1S/C16H18FNO/c1-19-16-5-3-2-4-13(16)11-15(18)10-12-6-8-14(17)9-7-12/h2-9,15H,10-11,18H2,1H3. The second kappa shape index (κ2) is 6.34. The normalized spacial score (nSPS) is 12.2. The van der Waals surface area contributed by atoms with Crippen LogP contribution in [-0.2, 0) is 12.8 Å². The van der Waals surface area contributed by atoms with Crippen molar-refractivity contribution < 1.29 is 9.13 Å². The first-order valence-corrected chi connectivity index (χ1v) is 6.31. The second-order valence-corrected chi connectivity index (χ2v) is 4.61. The smallest absolute Gasteiger partial charge is 0.123 e. The quantitative estimate of drug-likeness (QED) is 0.896. The minimum Gasteiger partial charge on any atom is -0.496 e. The van der Waals surface area contributed by atoms with Crippen molar-refractivity contribution >= 4 is 0 Å². The zero-order valence-electron chi connectivity index (χ0n) is 11.0. The number of nitrogens with two attached hydrogens (primary N) is 1. The van der Waals surface area contributed by atoms with Crippen LogP contribution in [0.2, 0.25) is 0 Å². The van der Waals surface area contributed by atoms with Crippen LogP contribution in [-0.4, -0.2) is 13.2 Å². The van der Waals surface area contributed by atoms with Gasteiger partial charge in [-0.3, -0.25) is 0 Å². The van der Waals surface area contributed by atoms with E-state index in [2.05, 4.69) is 0 Å². The summed E-state index contributed by atoms with van der Waals surface area (Å²) in [6.07, 6.45) is 1.46. The summed E-state index contributed by atoms with van der Waals surface area (Å²) in [5.41, 5.74) is 8.29. The molecule has 2 aromatic carbocycles. The van der Waals surface area contributed by atoms with Gasteiger partial charge in [-0.25, -0.2) is 4.39 Å². The molecule has 2 nitrogen and oxygen atoms in total. The van der Waals surface area contributed by atoms with Crippen LogP contribution in [0, 0.1) is 5.82 Å². The fourth-order valence-electron chi connectivity index (χ4n) is 2.15. The molecule has 0 spiro atoms. The molecule has 0 aliphatic heterocycles. The summed E-state index contributed by atoms with van der Waals surface area (Å²) in [6, 6.07) is 14.3. The molecule has 0 aliphatic carbocycles. The largest absolute Gasteiger partial charge is 0.496 e. The lowest BCUT2D eigenvalue weighted by atomic mass is 9.99. The van der Waals surface area contributed by atoms with Gasteiger partial charge in [-0.15, -0.1) is 0 Å². The molecule has 1 atom stereocenters. The number of hydrogen-bond acceptors (Lipinski definition) is 2. The van der Waals surface area contributed by atoms with Gasteiger partial charge < -0.3 is 10.5 Å². The Labute approximate surface area is 113 Å². The predicted octanol–water partition coefficient (Wildman–Crippen LogP) is 2.95. The van der Waals surface area contributed by atoms with E-state index in [1.165, 1.54) is 12.1 Å². The van der Waals surface area contributed by atoms with E-state index in [0.29, 0.717) is 0 Å². The van der Waals surface area contributed by atoms with Crippen LogP contribution in [0.4, 0.5) is 4.39 Å². The topological polar surface area (TPSA) is 35.2 Å². The van der Waals surface area contributed by atoms with Gasteiger partial charge in [-0.2, -0.15) is 0 Å². The lowest BCUT2D eigenvalue weighted by Gasteiger charge is -2.14. The van der Waals surface area contributed by atoms with Crippen LogP contribution in [0.25, 0.3) is 0 Å². The van der Waals surface area contributed by atoms with Crippen LogP contribution in [0.5, 0.6) is 5.75 Å². The summed E-state index contributed by atoms with van der Waals surface area (Å²) in [5.74, 6) is 0.638. The first-order chi connectivity index (χ1) is 9.19. The predicted molar refractivity (Wildman–Crippen MR) is 74.8 cm³/mol. The Kier molecular flexibility index (Phi) is 4.53. The molecule has 0 saturated heterocycles. The van der Waals surface area contributed by atoms with Crippen molar-refractivity contribution in [3.8, 4) is 5.75 Å². The van der Waals surface area contributed by atoms with E-state index in [0.717, 1.165) is 29.7 Å².